The Kier molecular flexibility index (Phi) is 4.32. The Balaban J connectivity index is 1.76. The van der Waals surface area contributed by atoms with Crippen molar-refractivity contribution in [1.82, 2.24) is 5.32 Å². The molecular weight excluding hydrogens is 266 g/mol. The Morgan fingerprint density at radius 1 is 1.53 bits per heavy atom. The van der Waals surface area contributed by atoms with E-state index in [1.54, 1.807) is 18.2 Å². The number of nitrogens with one attached hydrogen (secondary N) is 1. The van der Waals surface area contributed by atoms with Crippen molar-refractivity contribution in [2.75, 3.05) is 13.2 Å². The number of carbonyl (C=O) groups excluding carboxylic acids is 1. The van der Waals surface area contributed by atoms with Crippen LogP contribution in [0.2, 0.25) is 5.02 Å². The lowest BCUT2D eigenvalue weighted by molar-refractivity contribution is -0.125. The maximum Gasteiger partial charge on any atom is 0.258 e. The summed E-state index contributed by atoms with van der Waals surface area (Å²) in [4.78, 5) is 11.6. The molecule has 5 heteroatoms. The third-order valence-electron chi connectivity index (χ3n) is 3.39. The fourth-order valence-electron chi connectivity index (χ4n) is 1.99. The Labute approximate surface area is 117 Å². The lowest BCUT2D eigenvalue weighted by atomic mass is 9.80. The standard InChI is InChI=1S/C14H18ClNO3/c1-10-7-11(15)3-4-12(10)19-8-13(17)16-9-14(18)5-2-6-14/h3-4,7,18H,2,5-6,8-9H2,1H3,(H,16,17). The Morgan fingerprint density at radius 2 is 2.26 bits per heavy atom. The average Bonchev–Trinajstić information content (AvgIpc) is 2.33. The predicted molar refractivity (Wildman–Crippen MR) is 73.5 cm³/mol. The molecule has 1 aliphatic rings. The molecule has 2 rings (SSSR count). The second kappa shape index (κ2) is 5.80. The summed E-state index contributed by atoms with van der Waals surface area (Å²) in [5, 5.41) is 13.2. The van der Waals surface area contributed by atoms with Crippen molar-refractivity contribution in [3.63, 3.8) is 0 Å². The Hall–Kier alpha value is -1.26. The highest BCUT2D eigenvalue weighted by molar-refractivity contribution is 6.30. The third kappa shape index (κ3) is 3.85. The summed E-state index contributed by atoms with van der Waals surface area (Å²) >= 11 is 5.84. The molecule has 1 aromatic carbocycles. The SMILES string of the molecule is Cc1cc(Cl)ccc1OCC(=O)NCC1(O)CCC1. The highest BCUT2D eigenvalue weighted by Crippen LogP contribution is 2.30. The number of aliphatic hydroxyl groups is 1. The van der Waals surface area contributed by atoms with Crippen LogP contribution in [0.1, 0.15) is 24.8 Å². The normalized spacial score (nSPS) is 16.6. The largest absolute Gasteiger partial charge is 0.484 e. The highest BCUT2D eigenvalue weighted by Gasteiger charge is 2.34. The molecule has 104 valence electrons. The molecule has 1 aromatic rings. The molecule has 0 saturated heterocycles. The fraction of sp³-hybridized carbons (Fsp3) is 0.500. The van der Waals surface area contributed by atoms with Gasteiger partial charge in [0.05, 0.1) is 5.60 Å². The topological polar surface area (TPSA) is 58.6 Å². The summed E-state index contributed by atoms with van der Waals surface area (Å²) in [6.45, 7) is 2.11. The molecule has 0 aliphatic heterocycles. The van der Waals surface area contributed by atoms with Gasteiger partial charge >= 0.3 is 0 Å². The second-order valence-electron chi connectivity index (χ2n) is 5.05. The summed E-state index contributed by atoms with van der Waals surface area (Å²) in [5.41, 5.74) is 0.184. The van der Waals surface area contributed by atoms with E-state index < -0.39 is 5.60 Å². The third-order valence-corrected chi connectivity index (χ3v) is 3.63. The number of aryl methyl sites for hydroxylation is 1. The van der Waals surface area contributed by atoms with E-state index in [0.29, 0.717) is 17.3 Å². The maximum atomic E-state index is 11.6. The van der Waals surface area contributed by atoms with Gasteiger partial charge in [-0.2, -0.15) is 0 Å². The molecule has 0 unspecified atom stereocenters. The van der Waals surface area contributed by atoms with Crippen LogP contribution in [0.25, 0.3) is 0 Å². The van der Waals surface area contributed by atoms with Gasteiger partial charge in [0.2, 0.25) is 0 Å². The van der Waals surface area contributed by atoms with Gasteiger partial charge < -0.3 is 15.2 Å². The van der Waals surface area contributed by atoms with Crippen molar-refractivity contribution in [1.29, 1.82) is 0 Å². The number of hydrogen-bond acceptors (Lipinski definition) is 3. The molecule has 0 atom stereocenters. The number of rotatable bonds is 5. The first-order valence-electron chi connectivity index (χ1n) is 6.37. The van der Waals surface area contributed by atoms with Crippen LogP contribution in [0.5, 0.6) is 5.75 Å². The van der Waals surface area contributed by atoms with Crippen molar-refractivity contribution in [3.05, 3.63) is 28.8 Å². The summed E-state index contributed by atoms with van der Waals surface area (Å²) in [6, 6.07) is 5.25. The minimum absolute atomic E-state index is 0.0570. The zero-order valence-electron chi connectivity index (χ0n) is 10.9. The quantitative estimate of drug-likeness (QED) is 0.870. The first-order valence-corrected chi connectivity index (χ1v) is 6.74. The van der Waals surface area contributed by atoms with Crippen LogP contribution in [0.15, 0.2) is 18.2 Å². The number of halogens is 1. The lowest BCUT2D eigenvalue weighted by Crippen LogP contribution is -2.48. The van der Waals surface area contributed by atoms with E-state index >= 15 is 0 Å². The van der Waals surface area contributed by atoms with Crippen molar-refractivity contribution >= 4 is 17.5 Å². The van der Waals surface area contributed by atoms with Gasteiger partial charge in [0.15, 0.2) is 6.61 Å². The first kappa shape index (κ1) is 14.2. The lowest BCUT2D eigenvalue weighted by Gasteiger charge is -2.36. The predicted octanol–water partition coefficient (Wildman–Crippen LogP) is 2.06. The molecule has 1 amide bonds. The van der Waals surface area contributed by atoms with Gasteiger partial charge in [-0.3, -0.25) is 4.79 Å². The van der Waals surface area contributed by atoms with E-state index in [1.165, 1.54) is 0 Å². The van der Waals surface area contributed by atoms with E-state index in [2.05, 4.69) is 5.32 Å². The minimum atomic E-state index is -0.703. The Morgan fingerprint density at radius 3 is 2.84 bits per heavy atom. The number of amides is 1. The minimum Gasteiger partial charge on any atom is -0.484 e. The summed E-state index contributed by atoms with van der Waals surface area (Å²) < 4.78 is 5.42. The molecule has 0 heterocycles. The smallest absolute Gasteiger partial charge is 0.258 e. The van der Waals surface area contributed by atoms with Crippen molar-refractivity contribution in [3.8, 4) is 5.75 Å². The number of hydrogen-bond donors (Lipinski definition) is 2. The van der Waals surface area contributed by atoms with Crippen LogP contribution in [-0.4, -0.2) is 29.8 Å². The summed E-state index contributed by atoms with van der Waals surface area (Å²) in [6.07, 6.45) is 2.53. The van der Waals surface area contributed by atoms with Gasteiger partial charge in [0.25, 0.3) is 5.91 Å². The molecule has 19 heavy (non-hydrogen) atoms. The molecule has 1 saturated carbocycles. The number of benzene rings is 1. The zero-order valence-corrected chi connectivity index (χ0v) is 11.7. The first-order chi connectivity index (χ1) is 8.98. The molecule has 0 spiro atoms. The molecule has 1 fully saturated rings. The van der Waals surface area contributed by atoms with Gasteiger partial charge in [0.1, 0.15) is 5.75 Å². The summed E-state index contributed by atoms with van der Waals surface area (Å²) in [7, 11) is 0. The van der Waals surface area contributed by atoms with Gasteiger partial charge in [-0.25, -0.2) is 0 Å². The van der Waals surface area contributed by atoms with Crippen LogP contribution in [0, 0.1) is 6.92 Å². The van der Waals surface area contributed by atoms with Crippen LogP contribution < -0.4 is 10.1 Å². The molecule has 0 radical (unpaired) electrons. The summed E-state index contributed by atoms with van der Waals surface area (Å²) in [5.74, 6) is 0.414. The molecule has 4 nitrogen and oxygen atoms in total. The number of carbonyl (C=O) groups is 1. The van der Waals surface area contributed by atoms with E-state index in [-0.39, 0.29) is 12.5 Å². The second-order valence-corrected chi connectivity index (χ2v) is 5.49. The fourth-order valence-corrected chi connectivity index (χ4v) is 2.22. The molecular formula is C14H18ClNO3. The number of ether oxygens (including phenoxy) is 1. The van der Waals surface area contributed by atoms with Gasteiger partial charge in [-0.1, -0.05) is 11.6 Å². The van der Waals surface area contributed by atoms with Gasteiger partial charge in [0, 0.05) is 11.6 Å². The van der Waals surface area contributed by atoms with Crippen LogP contribution >= 0.6 is 11.6 Å². The van der Waals surface area contributed by atoms with Crippen molar-refractivity contribution in [2.45, 2.75) is 31.8 Å². The van der Waals surface area contributed by atoms with Crippen LogP contribution in [0.3, 0.4) is 0 Å². The van der Waals surface area contributed by atoms with Crippen molar-refractivity contribution in [2.24, 2.45) is 0 Å². The maximum absolute atomic E-state index is 11.6. The van der Waals surface area contributed by atoms with Crippen LogP contribution in [-0.2, 0) is 4.79 Å². The van der Waals surface area contributed by atoms with E-state index in [9.17, 15) is 9.90 Å². The molecule has 2 N–H and O–H groups in total. The Bertz CT molecular complexity index is 472. The van der Waals surface area contributed by atoms with Crippen molar-refractivity contribution < 1.29 is 14.6 Å². The molecule has 0 bridgehead atoms. The van der Waals surface area contributed by atoms with E-state index in [4.69, 9.17) is 16.3 Å². The van der Waals surface area contributed by atoms with Gasteiger partial charge in [-0.05, 0) is 49.9 Å². The van der Waals surface area contributed by atoms with E-state index in [1.807, 2.05) is 6.92 Å². The molecule has 0 aromatic heterocycles. The zero-order chi connectivity index (χ0) is 13.9. The molecule has 1 aliphatic carbocycles. The monoisotopic (exact) mass is 283 g/mol. The highest BCUT2D eigenvalue weighted by atomic mass is 35.5. The van der Waals surface area contributed by atoms with Gasteiger partial charge in [-0.15, -0.1) is 0 Å². The van der Waals surface area contributed by atoms with E-state index in [0.717, 1.165) is 24.8 Å². The van der Waals surface area contributed by atoms with Crippen LogP contribution in [0.4, 0.5) is 0 Å². The average molecular weight is 284 g/mol.